The van der Waals surface area contributed by atoms with Crippen LogP contribution in [0.3, 0.4) is 0 Å². The summed E-state index contributed by atoms with van der Waals surface area (Å²) >= 11 is 0. The van der Waals surface area contributed by atoms with Crippen LogP contribution in [-0.2, 0) is 6.42 Å². The molecule has 1 aromatic rings. The van der Waals surface area contributed by atoms with E-state index in [1.807, 2.05) is 24.3 Å². The number of aliphatic hydroxyl groups is 2. The van der Waals surface area contributed by atoms with Gasteiger partial charge in [-0.15, -0.1) is 11.8 Å². The molecule has 1 rings (SSSR count). The van der Waals surface area contributed by atoms with E-state index in [-0.39, 0.29) is 6.61 Å². The number of benzene rings is 1. The SMILES string of the molecule is CCCCCCCC#CCCc1ccccc1C(O)C(N)CO. The van der Waals surface area contributed by atoms with E-state index >= 15 is 0 Å². The lowest BCUT2D eigenvalue weighted by Crippen LogP contribution is -2.32. The Morgan fingerprint density at radius 2 is 1.74 bits per heavy atom. The van der Waals surface area contributed by atoms with E-state index < -0.39 is 12.1 Å². The van der Waals surface area contributed by atoms with Crippen LogP contribution in [-0.4, -0.2) is 22.9 Å². The number of unbranched alkanes of at least 4 members (excludes halogenated alkanes) is 5. The second-order valence-corrected chi connectivity index (χ2v) is 6.01. The Bertz CT molecular complexity index is 490. The van der Waals surface area contributed by atoms with Gasteiger partial charge in [0.1, 0.15) is 0 Å². The summed E-state index contributed by atoms with van der Waals surface area (Å²) in [5.74, 6) is 6.46. The third kappa shape index (κ3) is 7.65. The maximum Gasteiger partial charge on any atom is 0.0966 e. The Morgan fingerprint density at radius 3 is 2.48 bits per heavy atom. The van der Waals surface area contributed by atoms with Gasteiger partial charge in [-0.2, -0.15) is 0 Å². The Morgan fingerprint density at radius 1 is 1.04 bits per heavy atom. The third-order valence-electron chi connectivity index (χ3n) is 4.04. The second kappa shape index (κ2) is 12.1. The molecule has 0 radical (unpaired) electrons. The van der Waals surface area contributed by atoms with E-state index in [1.165, 1.54) is 32.1 Å². The zero-order valence-corrected chi connectivity index (χ0v) is 14.3. The van der Waals surface area contributed by atoms with Gasteiger partial charge < -0.3 is 15.9 Å². The number of nitrogens with two attached hydrogens (primary N) is 1. The molecule has 0 amide bonds. The van der Waals surface area contributed by atoms with Crippen LogP contribution >= 0.6 is 0 Å². The third-order valence-corrected chi connectivity index (χ3v) is 4.04. The molecule has 128 valence electrons. The molecule has 0 aliphatic heterocycles. The molecule has 2 atom stereocenters. The van der Waals surface area contributed by atoms with Crippen molar-refractivity contribution in [2.45, 2.75) is 70.4 Å². The number of hydrogen-bond acceptors (Lipinski definition) is 3. The molecule has 0 aliphatic carbocycles. The fourth-order valence-corrected chi connectivity index (χ4v) is 2.57. The molecule has 0 spiro atoms. The van der Waals surface area contributed by atoms with Gasteiger partial charge in [0, 0.05) is 12.8 Å². The van der Waals surface area contributed by atoms with Gasteiger partial charge >= 0.3 is 0 Å². The highest BCUT2D eigenvalue weighted by atomic mass is 16.3. The van der Waals surface area contributed by atoms with E-state index in [0.717, 1.165) is 30.4 Å². The van der Waals surface area contributed by atoms with Gasteiger partial charge in [0.15, 0.2) is 0 Å². The lowest BCUT2D eigenvalue weighted by Gasteiger charge is -2.19. The first kappa shape index (κ1) is 19.7. The van der Waals surface area contributed by atoms with Crippen molar-refractivity contribution in [3.05, 3.63) is 35.4 Å². The van der Waals surface area contributed by atoms with Crippen LogP contribution in [0.15, 0.2) is 24.3 Å². The minimum Gasteiger partial charge on any atom is -0.395 e. The zero-order chi connectivity index (χ0) is 16.9. The van der Waals surface area contributed by atoms with Crippen LogP contribution in [0.4, 0.5) is 0 Å². The first-order valence-corrected chi connectivity index (χ1v) is 8.78. The fourth-order valence-electron chi connectivity index (χ4n) is 2.57. The van der Waals surface area contributed by atoms with Gasteiger partial charge in [0.25, 0.3) is 0 Å². The van der Waals surface area contributed by atoms with E-state index in [0.29, 0.717) is 0 Å². The van der Waals surface area contributed by atoms with Crippen molar-refractivity contribution in [3.63, 3.8) is 0 Å². The molecule has 4 N–H and O–H groups in total. The summed E-state index contributed by atoms with van der Waals surface area (Å²) in [4.78, 5) is 0. The van der Waals surface area contributed by atoms with Gasteiger partial charge in [-0.05, 0) is 24.0 Å². The van der Waals surface area contributed by atoms with Crippen LogP contribution < -0.4 is 5.73 Å². The highest BCUT2D eigenvalue weighted by Crippen LogP contribution is 2.21. The minimum absolute atomic E-state index is 0.229. The summed E-state index contributed by atoms with van der Waals surface area (Å²) in [5, 5.41) is 19.3. The van der Waals surface area contributed by atoms with Gasteiger partial charge in [-0.25, -0.2) is 0 Å². The summed E-state index contributed by atoms with van der Waals surface area (Å²) in [6, 6.07) is 7.06. The number of aliphatic hydroxyl groups excluding tert-OH is 2. The molecular weight excluding hydrogens is 286 g/mol. The van der Waals surface area contributed by atoms with E-state index in [1.54, 1.807) is 0 Å². The minimum atomic E-state index is -0.831. The van der Waals surface area contributed by atoms with Gasteiger partial charge in [-0.1, -0.05) is 56.9 Å². The summed E-state index contributed by atoms with van der Waals surface area (Å²) in [7, 11) is 0. The molecular formula is C20H31NO2. The van der Waals surface area contributed by atoms with E-state index in [9.17, 15) is 5.11 Å². The van der Waals surface area contributed by atoms with Crippen LogP contribution in [0, 0.1) is 11.8 Å². The van der Waals surface area contributed by atoms with Crippen LogP contribution in [0.25, 0.3) is 0 Å². The molecule has 0 aliphatic rings. The van der Waals surface area contributed by atoms with E-state index in [4.69, 9.17) is 10.8 Å². The molecule has 3 heteroatoms. The van der Waals surface area contributed by atoms with Crippen LogP contribution in [0.2, 0.25) is 0 Å². The summed E-state index contributed by atoms with van der Waals surface area (Å²) in [6.07, 6.45) is 8.10. The molecule has 2 unspecified atom stereocenters. The standard InChI is InChI=1S/C20H31NO2/c1-2-3-4-5-6-7-8-9-10-13-17-14-11-12-15-18(17)20(23)19(21)16-22/h11-12,14-15,19-20,22-23H,2-7,10,13,16,21H2,1H3. The average Bonchev–Trinajstić information content (AvgIpc) is 2.59. The van der Waals surface area contributed by atoms with Crippen molar-refractivity contribution in [2.24, 2.45) is 5.73 Å². The molecule has 0 aromatic heterocycles. The largest absolute Gasteiger partial charge is 0.395 e. The van der Waals surface area contributed by atoms with Crippen molar-refractivity contribution >= 4 is 0 Å². The van der Waals surface area contributed by atoms with Crippen molar-refractivity contribution in [1.29, 1.82) is 0 Å². The highest BCUT2D eigenvalue weighted by molar-refractivity contribution is 5.30. The molecule has 0 heterocycles. The number of aryl methyl sites for hydroxylation is 1. The predicted molar refractivity (Wildman–Crippen MR) is 95.9 cm³/mol. The molecule has 0 fully saturated rings. The number of hydrogen-bond donors (Lipinski definition) is 3. The molecule has 0 saturated heterocycles. The molecule has 0 bridgehead atoms. The lowest BCUT2D eigenvalue weighted by atomic mass is 9.95. The predicted octanol–water partition coefficient (Wildman–Crippen LogP) is 3.34. The quantitative estimate of drug-likeness (QED) is 0.458. The Balaban J connectivity index is 2.41. The lowest BCUT2D eigenvalue weighted by molar-refractivity contribution is 0.109. The van der Waals surface area contributed by atoms with Crippen molar-refractivity contribution < 1.29 is 10.2 Å². The Hall–Kier alpha value is -1.34. The molecule has 0 saturated carbocycles. The average molecular weight is 317 g/mol. The van der Waals surface area contributed by atoms with Crippen LogP contribution in [0.1, 0.15) is 69.1 Å². The highest BCUT2D eigenvalue weighted by Gasteiger charge is 2.18. The maximum absolute atomic E-state index is 10.2. The smallest absolute Gasteiger partial charge is 0.0966 e. The summed E-state index contributed by atoms with van der Waals surface area (Å²) < 4.78 is 0. The Kier molecular flexibility index (Phi) is 10.4. The molecule has 3 nitrogen and oxygen atoms in total. The van der Waals surface area contributed by atoms with E-state index in [2.05, 4.69) is 18.8 Å². The maximum atomic E-state index is 10.2. The second-order valence-electron chi connectivity index (χ2n) is 6.01. The van der Waals surface area contributed by atoms with Crippen LogP contribution in [0.5, 0.6) is 0 Å². The monoisotopic (exact) mass is 317 g/mol. The first-order chi connectivity index (χ1) is 11.2. The van der Waals surface area contributed by atoms with Gasteiger partial charge in [0.05, 0.1) is 18.8 Å². The molecule has 1 aromatic carbocycles. The van der Waals surface area contributed by atoms with Gasteiger partial charge in [0.2, 0.25) is 0 Å². The normalized spacial score (nSPS) is 13.2. The van der Waals surface area contributed by atoms with Crippen molar-refractivity contribution in [2.75, 3.05) is 6.61 Å². The summed E-state index contributed by atoms with van der Waals surface area (Å²) in [5.41, 5.74) is 7.59. The fraction of sp³-hybridized carbons (Fsp3) is 0.600. The van der Waals surface area contributed by atoms with Crippen molar-refractivity contribution in [3.8, 4) is 11.8 Å². The van der Waals surface area contributed by atoms with Gasteiger partial charge in [-0.3, -0.25) is 0 Å². The number of rotatable bonds is 10. The summed E-state index contributed by atoms with van der Waals surface area (Å²) in [6.45, 7) is 2.00. The molecule has 23 heavy (non-hydrogen) atoms. The topological polar surface area (TPSA) is 66.5 Å². The van der Waals surface area contributed by atoms with Crippen molar-refractivity contribution in [1.82, 2.24) is 0 Å². The first-order valence-electron chi connectivity index (χ1n) is 8.78. The zero-order valence-electron chi connectivity index (χ0n) is 14.3. The Labute approximate surface area is 140 Å².